The molecule has 3 aliphatic carbocycles. The molecule has 0 radical (unpaired) electrons. The minimum atomic E-state index is -2.32. The van der Waals surface area contributed by atoms with Crippen LogP contribution in [0.1, 0.15) is 24.8 Å². The second kappa shape index (κ2) is 5.68. The second-order valence-corrected chi connectivity index (χ2v) is 9.48. The van der Waals surface area contributed by atoms with Crippen LogP contribution >= 0.6 is 0 Å². The number of methoxy groups -OCH3 is 2. The Morgan fingerprint density at radius 2 is 1.90 bits per heavy atom. The monoisotopic (exact) mass is 426 g/mol. The highest BCUT2D eigenvalue weighted by molar-refractivity contribution is 5.99. The number of esters is 1. The van der Waals surface area contributed by atoms with Gasteiger partial charge in [-0.1, -0.05) is 30.4 Å². The zero-order valence-corrected chi connectivity index (χ0v) is 17.6. The third kappa shape index (κ3) is 1.65. The molecular weight excluding hydrogens is 400 g/mol. The molecule has 1 saturated heterocycles. The Hall–Kier alpha value is -2.42. The lowest BCUT2D eigenvalue weighted by Gasteiger charge is -2.72. The van der Waals surface area contributed by atoms with E-state index in [0.29, 0.717) is 24.9 Å². The van der Waals surface area contributed by atoms with Crippen molar-refractivity contribution in [3.8, 4) is 0 Å². The lowest BCUT2D eigenvalue weighted by Crippen LogP contribution is -2.90. The summed E-state index contributed by atoms with van der Waals surface area (Å²) in [6, 6.07) is 7.42. The van der Waals surface area contributed by atoms with Crippen LogP contribution in [-0.2, 0) is 19.7 Å². The van der Waals surface area contributed by atoms with Crippen LogP contribution in [0.4, 0.5) is 10.5 Å². The van der Waals surface area contributed by atoms with Gasteiger partial charge in [0.1, 0.15) is 11.6 Å². The number of aliphatic hydroxyl groups excluding tert-OH is 1. The van der Waals surface area contributed by atoms with Crippen LogP contribution in [0.3, 0.4) is 0 Å². The standard InChI is InChI=1S/C23H26N2O6/c1-30-18(27)23(29)17(26)20-8-5-12-24-13-11-21(16(20)24)14-6-3-4-7-15(14)25(19(28)31-2)22(21,23)10-9-20/h3-8,16-17,26,29H,9-13H2,1-2H3/t16-,17+,20-,21+,22-,23+/m0/s1. The summed E-state index contributed by atoms with van der Waals surface area (Å²) < 4.78 is 10.3. The van der Waals surface area contributed by atoms with Crippen molar-refractivity contribution in [2.45, 2.75) is 48.0 Å². The third-order valence-electron chi connectivity index (χ3n) is 8.96. The molecule has 1 aromatic carbocycles. The van der Waals surface area contributed by atoms with Crippen molar-refractivity contribution in [1.82, 2.24) is 4.90 Å². The molecule has 6 atom stereocenters. The SMILES string of the molecule is COC(=O)N1c2ccccc2[C@@]23CCN4CC=C[C@]5(CC[C@]12[C@](O)(C(=O)OC)[C@@H]5O)[C@H]43. The summed E-state index contributed by atoms with van der Waals surface area (Å²) in [5.74, 6) is -0.920. The number of carbonyl (C=O) groups excluding carboxylic acids is 2. The molecule has 2 N–H and O–H groups in total. The highest BCUT2D eigenvalue weighted by Gasteiger charge is 2.89. The molecule has 0 aromatic heterocycles. The summed E-state index contributed by atoms with van der Waals surface area (Å²) >= 11 is 0. The first kappa shape index (κ1) is 19.3. The molecule has 8 nitrogen and oxygen atoms in total. The predicted octanol–water partition coefficient (Wildman–Crippen LogP) is 0.952. The fourth-order valence-corrected chi connectivity index (χ4v) is 8.21. The van der Waals surface area contributed by atoms with E-state index < -0.39 is 40.1 Å². The first-order chi connectivity index (χ1) is 14.9. The molecule has 1 amide bonds. The average Bonchev–Trinajstić information content (AvgIpc) is 3.33. The van der Waals surface area contributed by atoms with Gasteiger partial charge in [-0.3, -0.25) is 9.80 Å². The van der Waals surface area contributed by atoms with Crippen molar-refractivity contribution >= 4 is 17.7 Å². The molecule has 3 aliphatic heterocycles. The van der Waals surface area contributed by atoms with Gasteiger partial charge in [-0.15, -0.1) is 0 Å². The van der Waals surface area contributed by atoms with Gasteiger partial charge in [-0.05, 0) is 37.4 Å². The number of rotatable bonds is 1. The number of nitrogens with zero attached hydrogens (tertiary/aromatic N) is 2. The van der Waals surface area contributed by atoms with Gasteiger partial charge in [0.05, 0.1) is 19.9 Å². The number of fused-ring (bicyclic) bond motifs is 3. The fourth-order valence-electron chi connectivity index (χ4n) is 8.21. The van der Waals surface area contributed by atoms with Crippen molar-refractivity contribution < 1.29 is 29.3 Å². The number of ether oxygens (including phenoxy) is 2. The Balaban J connectivity index is 1.77. The Labute approximate surface area is 180 Å². The number of para-hydroxylation sites is 1. The summed E-state index contributed by atoms with van der Waals surface area (Å²) in [6.07, 6.45) is 3.45. The van der Waals surface area contributed by atoms with Crippen molar-refractivity contribution in [2.24, 2.45) is 5.41 Å². The molecule has 3 saturated carbocycles. The molecule has 0 unspecified atom stereocenters. The van der Waals surface area contributed by atoms with Gasteiger partial charge < -0.3 is 19.7 Å². The zero-order valence-electron chi connectivity index (χ0n) is 17.6. The molecule has 31 heavy (non-hydrogen) atoms. The maximum atomic E-state index is 13.3. The van der Waals surface area contributed by atoms with Gasteiger partial charge in [0, 0.05) is 23.4 Å². The van der Waals surface area contributed by atoms with E-state index in [4.69, 9.17) is 9.47 Å². The maximum absolute atomic E-state index is 13.3. The van der Waals surface area contributed by atoms with Crippen LogP contribution < -0.4 is 4.90 Å². The first-order valence-corrected chi connectivity index (χ1v) is 10.7. The van der Waals surface area contributed by atoms with Crippen LogP contribution in [0.2, 0.25) is 0 Å². The van der Waals surface area contributed by atoms with Crippen molar-refractivity contribution in [2.75, 3.05) is 32.2 Å². The highest BCUT2D eigenvalue weighted by Crippen LogP contribution is 2.76. The summed E-state index contributed by atoms with van der Waals surface area (Å²) in [6.45, 7) is 1.47. The van der Waals surface area contributed by atoms with Gasteiger partial charge >= 0.3 is 12.1 Å². The van der Waals surface area contributed by atoms with E-state index in [1.807, 2.05) is 36.4 Å². The van der Waals surface area contributed by atoms with Gasteiger partial charge in [-0.2, -0.15) is 0 Å². The van der Waals surface area contributed by atoms with E-state index in [1.165, 1.54) is 19.1 Å². The number of hydrogen-bond donors (Lipinski definition) is 2. The lowest BCUT2D eigenvalue weighted by atomic mass is 9.37. The summed E-state index contributed by atoms with van der Waals surface area (Å²) in [5, 5.41) is 24.0. The van der Waals surface area contributed by atoms with E-state index in [1.54, 1.807) is 0 Å². The van der Waals surface area contributed by atoms with Gasteiger partial charge in [0.2, 0.25) is 5.60 Å². The molecule has 8 heteroatoms. The van der Waals surface area contributed by atoms with E-state index in [0.717, 1.165) is 18.7 Å². The Morgan fingerprint density at radius 3 is 2.65 bits per heavy atom. The van der Waals surface area contributed by atoms with E-state index in [9.17, 15) is 19.8 Å². The minimum absolute atomic E-state index is 0.158. The van der Waals surface area contributed by atoms with Crippen LogP contribution in [0.15, 0.2) is 36.4 Å². The second-order valence-electron chi connectivity index (χ2n) is 9.48. The number of anilines is 1. The van der Waals surface area contributed by atoms with Crippen molar-refractivity contribution in [3.05, 3.63) is 42.0 Å². The molecule has 3 heterocycles. The summed E-state index contributed by atoms with van der Waals surface area (Å²) in [7, 11) is 2.50. The average molecular weight is 426 g/mol. The summed E-state index contributed by atoms with van der Waals surface area (Å²) in [5.41, 5.74) is -3.77. The van der Waals surface area contributed by atoms with Crippen LogP contribution in [0, 0.1) is 5.41 Å². The van der Waals surface area contributed by atoms with Crippen LogP contribution in [-0.4, -0.2) is 77.8 Å². The molecule has 164 valence electrons. The fraction of sp³-hybridized carbons (Fsp3) is 0.565. The molecular formula is C23H26N2O6. The molecule has 3 spiro atoms. The van der Waals surface area contributed by atoms with Gasteiger partial charge in [0.15, 0.2) is 0 Å². The number of aliphatic hydroxyl groups is 2. The normalized spacial score (nSPS) is 43.9. The molecule has 4 fully saturated rings. The van der Waals surface area contributed by atoms with E-state index in [-0.39, 0.29) is 6.04 Å². The Morgan fingerprint density at radius 1 is 1.13 bits per heavy atom. The Kier molecular flexibility index (Phi) is 3.53. The molecule has 7 rings (SSSR count). The quantitative estimate of drug-likeness (QED) is 0.510. The highest BCUT2D eigenvalue weighted by atomic mass is 16.6. The Bertz CT molecular complexity index is 1040. The topological polar surface area (TPSA) is 99.5 Å². The molecule has 1 aromatic rings. The maximum Gasteiger partial charge on any atom is 0.414 e. The molecule has 2 bridgehead atoms. The van der Waals surface area contributed by atoms with Crippen molar-refractivity contribution in [1.29, 1.82) is 0 Å². The number of amides is 1. The first-order valence-electron chi connectivity index (χ1n) is 10.7. The minimum Gasteiger partial charge on any atom is -0.467 e. The van der Waals surface area contributed by atoms with Gasteiger partial charge in [-0.25, -0.2) is 9.59 Å². The largest absolute Gasteiger partial charge is 0.467 e. The lowest BCUT2D eigenvalue weighted by molar-refractivity contribution is -0.262. The van der Waals surface area contributed by atoms with E-state index in [2.05, 4.69) is 4.90 Å². The van der Waals surface area contributed by atoms with Crippen LogP contribution in [0.25, 0.3) is 0 Å². The summed E-state index contributed by atoms with van der Waals surface area (Å²) in [4.78, 5) is 30.4. The van der Waals surface area contributed by atoms with Crippen LogP contribution in [0.5, 0.6) is 0 Å². The molecule has 6 aliphatic rings. The van der Waals surface area contributed by atoms with Crippen molar-refractivity contribution in [3.63, 3.8) is 0 Å². The number of hydrogen-bond acceptors (Lipinski definition) is 7. The zero-order chi connectivity index (χ0) is 21.8. The smallest absolute Gasteiger partial charge is 0.414 e. The number of benzene rings is 1. The predicted molar refractivity (Wildman–Crippen MR) is 109 cm³/mol. The number of carbonyl (C=O) groups is 2. The van der Waals surface area contributed by atoms with E-state index >= 15 is 0 Å². The van der Waals surface area contributed by atoms with Gasteiger partial charge in [0.25, 0.3) is 0 Å². The third-order valence-corrected chi connectivity index (χ3v) is 8.96.